The number of aryl methyl sites for hydroxylation is 1. The number of carbonyl (C=O) groups is 1. The second kappa shape index (κ2) is 4.72. The van der Waals surface area contributed by atoms with E-state index in [1.54, 1.807) is 6.92 Å². The fourth-order valence-electron chi connectivity index (χ4n) is 1.23. The van der Waals surface area contributed by atoms with Crippen molar-refractivity contribution in [1.82, 2.24) is 0 Å². The van der Waals surface area contributed by atoms with Crippen LogP contribution in [-0.2, 0) is 0 Å². The van der Waals surface area contributed by atoms with Crippen LogP contribution in [0.25, 0.3) is 0 Å². The number of carbonyl (C=O) groups excluding carboxylic acids is 1. The highest BCUT2D eigenvalue weighted by Gasteiger charge is 2.15. The number of rotatable bonds is 3. The molecule has 0 aromatic heterocycles. The van der Waals surface area contributed by atoms with Crippen LogP contribution in [0.15, 0.2) is 18.2 Å². The molecule has 1 aromatic carbocycles. The largest absolute Gasteiger partial charge is 0.320 e. The molecular formula is C12H12FNO. The number of terminal acetylenes is 1. The summed E-state index contributed by atoms with van der Waals surface area (Å²) in [5, 5.41) is 0. The summed E-state index contributed by atoms with van der Waals surface area (Å²) in [7, 11) is 0. The van der Waals surface area contributed by atoms with Crippen molar-refractivity contribution in [2.24, 2.45) is 5.73 Å². The minimum absolute atomic E-state index is 0.190. The Bertz CT molecular complexity index is 420. The first-order valence-electron chi connectivity index (χ1n) is 4.55. The van der Waals surface area contributed by atoms with Crippen molar-refractivity contribution >= 4 is 5.78 Å². The molecule has 15 heavy (non-hydrogen) atoms. The van der Waals surface area contributed by atoms with Gasteiger partial charge in [0.2, 0.25) is 0 Å². The topological polar surface area (TPSA) is 43.1 Å². The number of hydrogen-bond donors (Lipinski definition) is 1. The predicted octanol–water partition coefficient (Wildman–Crippen LogP) is 1.67. The van der Waals surface area contributed by atoms with Gasteiger partial charge < -0.3 is 5.73 Å². The van der Waals surface area contributed by atoms with Crippen molar-refractivity contribution in [2.45, 2.75) is 19.4 Å². The van der Waals surface area contributed by atoms with Gasteiger partial charge in [-0.25, -0.2) is 4.39 Å². The Labute approximate surface area is 88.3 Å². The molecule has 2 N–H and O–H groups in total. The number of hydrogen-bond acceptors (Lipinski definition) is 2. The van der Waals surface area contributed by atoms with E-state index in [0.29, 0.717) is 11.1 Å². The zero-order valence-corrected chi connectivity index (χ0v) is 8.46. The van der Waals surface area contributed by atoms with Crippen LogP contribution in [0.5, 0.6) is 0 Å². The third-order valence-corrected chi connectivity index (χ3v) is 2.12. The van der Waals surface area contributed by atoms with Crippen LogP contribution in [0.4, 0.5) is 4.39 Å². The lowest BCUT2D eigenvalue weighted by Gasteiger charge is -2.07. The number of halogens is 1. The second-order valence-corrected chi connectivity index (χ2v) is 3.34. The Morgan fingerprint density at radius 3 is 2.87 bits per heavy atom. The predicted molar refractivity (Wildman–Crippen MR) is 56.9 cm³/mol. The summed E-state index contributed by atoms with van der Waals surface area (Å²) in [6, 6.07) is 3.44. The smallest absolute Gasteiger partial charge is 0.180 e. The summed E-state index contributed by atoms with van der Waals surface area (Å²) in [4.78, 5) is 11.7. The summed E-state index contributed by atoms with van der Waals surface area (Å²) >= 11 is 0. The molecule has 0 spiro atoms. The molecule has 1 aromatic rings. The van der Waals surface area contributed by atoms with E-state index in [0.717, 1.165) is 0 Å². The fraction of sp³-hybridized carbons (Fsp3) is 0.250. The average molecular weight is 205 g/mol. The number of ketones is 1. The molecule has 78 valence electrons. The van der Waals surface area contributed by atoms with Gasteiger partial charge in [-0.2, -0.15) is 0 Å². The van der Waals surface area contributed by atoms with Crippen LogP contribution in [0.2, 0.25) is 0 Å². The van der Waals surface area contributed by atoms with Gasteiger partial charge in [-0.1, -0.05) is 0 Å². The van der Waals surface area contributed by atoms with Crippen molar-refractivity contribution in [3.63, 3.8) is 0 Å². The van der Waals surface area contributed by atoms with Gasteiger partial charge in [0.25, 0.3) is 0 Å². The highest BCUT2D eigenvalue weighted by atomic mass is 19.1. The van der Waals surface area contributed by atoms with Gasteiger partial charge in [-0.15, -0.1) is 12.3 Å². The zero-order chi connectivity index (χ0) is 11.4. The van der Waals surface area contributed by atoms with Crippen molar-refractivity contribution in [1.29, 1.82) is 0 Å². The van der Waals surface area contributed by atoms with E-state index < -0.39 is 6.04 Å². The van der Waals surface area contributed by atoms with Gasteiger partial charge in [0.15, 0.2) is 5.78 Å². The second-order valence-electron chi connectivity index (χ2n) is 3.34. The SMILES string of the molecule is C#CCC(N)C(=O)c1ccc(F)c(C)c1. The number of Topliss-reactive ketones (excluding diaryl/α,β-unsaturated/α-hetero) is 1. The van der Waals surface area contributed by atoms with E-state index in [-0.39, 0.29) is 18.0 Å². The van der Waals surface area contributed by atoms with Crippen LogP contribution >= 0.6 is 0 Å². The molecule has 0 bridgehead atoms. The standard InChI is InChI=1S/C12H12FNO/c1-3-4-11(14)12(15)9-5-6-10(13)8(2)7-9/h1,5-7,11H,4,14H2,2H3. The first-order valence-corrected chi connectivity index (χ1v) is 4.55. The molecule has 0 aliphatic rings. The lowest BCUT2D eigenvalue weighted by Crippen LogP contribution is -2.30. The minimum atomic E-state index is -0.708. The molecule has 0 fully saturated rings. The molecule has 0 saturated heterocycles. The monoisotopic (exact) mass is 205 g/mol. The van der Waals surface area contributed by atoms with Gasteiger partial charge >= 0.3 is 0 Å². The quantitative estimate of drug-likeness (QED) is 0.602. The third kappa shape index (κ3) is 2.64. The number of nitrogens with two attached hydrogens (primary N) is 1. The summed E-state index contributed by atoms with van der Waals surface area (Å²) in [6.45, 7) is 1.60. The van der Waals surface area contributed by atoms with E-state index in [9.17, 15) is 9.18 Å². The minimum Gasteiger partial charge on any atom is -0.320 e. The van der Waals surface area contributed by atoms with Crippen molar-refractivity contribution in [3.05, 3.63) is 35.1 Å². The van der Waals surface area contributed by atoms with Crippen LogP contribution in [-0.4, -0.2) is 11.8 Å². The van der Waals surface area contributed by atoms with Gasteiger partial charge in [0, 0.05) is 12.0 Å². The van der Waals surface area contributed by atoms with Crippen molar-refractivity contribution in [2.75, 3.05) is 0 Å². The molecule has 1 unspecified atom stereocenters. The van der Waals surface area contributed by atoms with E-state index in [1.165, 1.54) is 18.2 Å². The van der Waals surface area contributed by atoms with E-state index in [4.69, 9.17) is 12.2 Å². The third-order valence-electron chi connectivity index (χ3n) is 2.12. The van der Waals surface area contributed by atoms with E-state index in [1.807, 2.05) is 0 Å². The van der Waals surface area contributed by atoms with Crippen molar-refractivity contribution in [3.8, 4) is 12.3 Å². The molecule has 1 rings (SSSR count). The molecule has 0 saturated carbocycles. The van der Waals surface area contributed by atoms with Gasteiger partial charge in [-0.05, 0) is 30.7 Å². The Hall–Kier alpha value is -1.66. The van der Waals surface area contributed by atoms with Crippen LogP contribution in [0.3, 0.4) is 0 Å². The number of benzene rings is 1. The Morgan fingerprint density at radius 1 is 1.67 bits per heavy atom. The Morgan fingerprint density at radius 2 is 2.33 bits per heavy atom. The molecule has 0 radical (unpaired) electrons. The highest BCUT2D eigenvalue weighted by molar-refractivity contribution is 6.00. The fourth-order valence-corrected chi connectivity index (χ4v) is 1.23. The summed E-state index contributed by atoms with van der Waals surface area (Å²) in [6.07, 6.45) is 5.25. The van der Waals surface area contributed by atoms with Gasteiger partial charge in [-0.3, -0.25) is 4.79 Å². The summed E-state index contributed by atoms with van der Waals surface area (Å²) < 4.78 is 12.9. The maximum atomic E-state index is 12.9. The molecule has 0 amide bonds. The van der Waals surface area contributed by atoms with E-state index in [2.05, 4.69) is 5.92 Å². The highest BCUT2D eigenvalue weighted by Crippen LogP contribution is 2.11. The lowest BCUT2D eigenvalue weighted by molar-refractivity contribution is 0.0962. The zero-order valence-electron chi connectivity index (χ0n) is 8.46. The Balaban J connectivity index is 2.93. The molecular weight excluding hydrogens is 193 g/mol. The van der Waals surface area contributed by atoms with Crippen LogP contribution in [0, 0.1) is 25.1 Å². The maximum absolute atomic E-state index is 12.9. The summed E-state index contributed by atoms with van der Waals surface area (Å²) in [5.41, 5.74) is 6.39. The molecule has 3 heteroatoms. The normalized spacial score (nSPS) is 11.9. The molecule has 0 aliphatic carbocycles. The van der Waals surface area contributed by atoms with Crippen LogP contribution < -0.4 is 5.73 Å². The summed E-state index contributed by atoms with van der Waals surface area (Å²) in [5.74, 6) is 1.73. The molecule has 1 atom stereocenters. The first kappa shape index (κ1) is 11.4. The molecule has 0 aliphatic heterocycles. The Kier molecular flexibility index (Phi) is 3.59. The first-order chi connectivity index (χ1) is 7.06. The van der Waals surface area contributed by atoms with Gasteiger partial charge in [0.05, 0.1) is 6.04 Å². The van der Waals surface area contributed by atoms with E-state index >= 15 is 0 Å². The maximum Gasteiger partial charge on any atom is 0.180 e. The molecule has 0 heterocycles. The van der Waals surface area contributed by atoms with Gasteiger partial charge in [0.1, 0.15) is 5.82 Å². The average Bonchev–Trinajstić information content (AvgIpc) is 2.21. The lowest BCUT2D eigenvalue weighted by atomic mass is 10.0. The molecule has 2 nitrogen and oxygen atoms in total. The van der Waals surface area contributed by atoms with Crippen molar-refractivity contribution < 1.29 is 9.18 Å². The van der Waals surface area contributed by atoms with Crippen LogP contribution in [0.1, 0.15) is 22.3 Å².